The molecule has 0 radical (unpaired) electrons. The minimum Gasteiger partial charge on any atom is -0.472 e. The Hall–Kier alpha value is -0.800. The fraction of sp³-hybridized carbons (Fsp3) is 0.556. The fourth-order valence-corrected chi connectivity index (χ4v) is 1.51. The third-order valence-corrected chi connectivity index (χ3v) is 2.43. The molecule has 1 fully saturated rings. The molecule has 0 bridgehead atoms. The monoisotopic (exact) mass is 167 g/mol. The van der Waals surface area contributed by atoms with Gasteiger partial charge in [0.2, 0.25) is 0 Å². The number of hydrogen-bond acceptors (Lipinski definition) is 3. The van der Waals surface area contributed by atoms with Crippen molar-refractivity contribution in [2.75, 3.05) is 20.2 Å². The van der Waals surface area contributed by atoms with Crippen molar-refractivity contribution < 1.29 is 9.15 Å². The molecule has 1 N–H and O–H groups in total. The van der Waals surface area contributed by atoms with Gasteiger partial charge < -0.3 is 14.5 Å². The predicted octanol–water partition coefficient (Wildman–Crippen LogP) is 0.810. The first kappa shape index (κ1) is 7.83. The maximum Gasteiger partial charge on any atom is 0.0967 e. The van der Waals surface area contributed by atoms with E-state index in [0.717, 1.165) is 19.5 Å². The lowest BCUT2D eigenvalue weighted by Crippen LogP contribution is -2.61. The Morgan fingerprint density at radius 2 is 2.50 bits per heavy atom. The number of ether oxygens (including phenoxy) is 1. The smallest absolute Gasteiger partial charge is 0.0967 e. The van der Waals surface area contributed by atoms with E-state index in [0.29, 0.717) is 0 Å². The van der Waals surface area contributed by atoms with E-state index in [2.05, 4.69) is 5.32 Å². The maximum atomic E-state index is 5.44. The van der Waals surface area contributed by atoms with E-state index in [1.165, 1.54) is 5.56 Å². The van der Waals surface area contributed by atoms with E-state index in [1.54, 1.807) is 19.6 Å². The van der Waals surface area contributed by atoms with Crippen molar-refractivity contribution in [1.82, 2.24) is 5.32 Å². The Labute approximate surface area is 71.7 Å². The molecule has 0 amide bonds. The number of nitrogens with one attached hydrogen (secondary N) is 1. The van der Waals surface area contributed by atoms with Gasteiger partial charge in [-0.25, -0.2) is 0 Å². The van der Waals surface area contributed by atoms with Crippen LogP contribution in [0.5, 0.6) is 0 Å². The van der Waals surface area contributed by atoms with Crippen LogP contribution in [0.1, 0.15) is 5.56 Å². The molecule has 1 aliphatic heterocycles. The first-order valence-corrected chi connectivity index (χ1v) is 4.12. The minimum absolute atomic E-state index is 0.0177. The van der Waals surface area contributed by atoms with E-state index >= 15 is 0 Å². The molecule has 66 valence electrons. The summed E-state index contributed by atoms with van der Waals surface area (Å²) >= 11 is 0. The van der Waals surface area contributed by atoms with E-state index in [4.69, 9.17) is 9.15 Å². The number of hydrogen-bond donors (Lipinski definition) is 1. The molecule has 3 heteroatoms. The van der Waals surface area contributed by atoms with E-state index in [9.17, 15) is 0 Å². The van der Waals surface area contributed by atoms with E-state index in [1.807, 2.05) is 6.07 Å². The van der Waals surface area contributed by atoms with Gasteiger partial charge in [-0.2, -0.15) is 0 Å². The van der Waals surface area contributed by atoms with Crippen molar-refractivity contribution in [1.29, 1.82) is 0 Å². The predicted molar refractivity (Wildman–Crippen MR) is 45.0 cm³/mol. The highest BCUT2D eigenvalue weighted by atomic mass is 16.5. The standard InChI is InChI=1S/C9H13NO2/c1-11-9(6-10-7-9)4-8-2-3-12-5-8/h2-3,5,10H,4,6-7H2,1H3. The van der Waals surface area contributed by atoms with Gasteiger partial charge in [-0.3, -0.25) is 0 Å². The van der Waals surface area contributed by atoms with Crippen LogP contribution in [0, 0.1) is 0 Å². The first-order valence-electron chi connectivity index (χ1n) is 4.12. The molecule has 2 rings (SSSR count). The van der Waals surface area contributed by atoms with Gasteiger partial charge in [0, 0.05) is 26.6 Å². The molecule has 0 spiro atoms. The van der Waals surface area contributed by atoms with Crippen molar-refractivity contribution >= 4 is 0 Å². The second-order valence-corrected chi connectivity index (χ2v) is 3.30. The Morgan fingerprint density at radius 1 is 1.67 bits per heavy atom. The molecule has 0 atom stereocenters. The first-order chi connectivity index (χ1) is 5.85. The van der Waals surface area contributed by atoms with Gasteiger partial charge in [0.05, 0.1) is 18.1 Å². The van der Waals surface area contributed by atoms with Gasteiger partial charge in [0.1, 0.15) is 0 Å². The van der Waals surface area contributed by atoms with Crippen LogP contribution in [-0.4, -0.2) is 25.8 Å². The molecule has 3 nitrogen and oxygen atoms in total. The molecular formula is C9H13NO2. The molecule has 2 heterocycles. The zero-order chi connectivity index (χ0) is 8.44. The summed E-state index contributed by atoms with van der Waals surface area (Å²) in [6.45, 7) is 1.88. The highest BCUT2D eigenvalue weighted by Crippen LogP contribution is 2.21. The number of methoxy groups -OCH3 is 1. The Morgan fingerprint density at radius 3 is 2.92 bits per heavy atom. The summed E-state index contributed by atoms with van der Waals surface area (Å²) in [5.41, 5.74) is 1.22. The lowest BCUT2D eigenvalue weighted by atomic mass is 9.90. The fourth-order valence-electron chi connectivity index (χ4n) is 1.51. The Balaban J connectivity index is 2.01. The van der Waals surface area contributed by atoms with Crippen molar-refractivity contribution in [2.45, 2.75) is 12.0 Å². The molecule has 0 unspecified atom stereocenters. The van der Waals surface area contributed by atoms with Gasteiger partial charge in [-0.05, 0) is 11.6 Å². The van der Waals surface area contributed by atoms with Gasteiger partial charge in [-0.15, -0.1) is 0 Å². The summed E-state index contributed by atoms with van der Waals surface area (Å²) in [5, 5.41) is 3.21. The average molecular weight is 167 g/mol. The number of rotatable bonds is 3. The van der Waals surface area contributed by atoms with E-state index in [-0.39, 0.29) is 5.60 Å². The summed E-state index contributed by atoms with van der Waals surface area (Å²) in [6.07, 6.45) is 4.41. The van der Waals surface area contributed by atoms with Crippen LogP contribution in [0.25, 0.3) is 0 Å². The second-order valence-electron chi connectivity index (χ2n) is 3.30. The molecule has 1 aliphatic rings. The summed E-state index contributed by atoms with van der Waals surface area (Å²) in [5.74, 6) is 0. The van der Waals surface area contributed by atoms with Crippen LogP contribution in [0.4, 0.5) is 0 Å². The number of furan rings is 1. The van der Waals surface area contributed by atoms with Crippen molar-refractivity contribution in [2.24, 2.45) is 0 Å². The molecule has 1 aromatic rings. The molecule has 12 heavy (non-hydrogen) atoms. The van der Waals surface area contributed by atoms with Crippen molar-refractivity contribution in [3.8, 4) is 0 Å². The second kappa shape index (κ2) is 2.92. The summed E-state index contributed by atoms with van der Waals surface area (Å²) in [7, 11) is 1.76. The van der Waals surface area contributed by atoms with Crippen molar-refractivity contribution in [3.05, 3.63) is 24.2 Å². The Bertz CT molecular complexity index is 234. The molecule has 0 aromatic carbocycles. The maximum absolute atomic E-state index is 5.44. The lowest BCUT2D eigenvalue weighted by molar-refractivity contribution is -0.0503. The molecular weight excluding hydrogens is 154 g/mol. The highest BCUT2D eigenvalue weighted by Gasteiger charge is 2.37. The molecule has 1 aromatic heterocycles. The molecule has 1 saturated heterocycles. The lowest BCUT2D eigenvalue weighted by Gasteiger charge is -2.41. The van der Waals surface area contributed by atoms with E-state index < -0.39 is 0 Å². The van der Waals surface area contributed by atoms with Crippen LogP contribution in [0.2, 0.25) is 0 Å². The zero-order valence-corrected chi connectivity index (χ0v) is 7.17. The summed E-state index contributed by atoms with van der Waals surface area (Å²) < 4.78 is 10.4. The quantitative estimate of drug-likeness (QED) is 0.723. The van der Waals surface area contributed by atoms with Crippen LogP contribution >= 0.6 is 0 Å². The van der Waals surface area contributed by atoms with Gasteiger partial charge in [0.15, 0.2) is 0 Å². The topological polar surface area (TPSA) is 34.4 Å². The Kier molecular flexibility index (Phi) is 1.90. The summed E-state index contributed by atoms with van der Waals surface area (Å²) in [4.78, 5) is 0. The summed E-state index contributed by atoms with van der Waals surface area (Å²) in [6, 6.07) is 1.99. The third-order valence-electron chi connectivity index (χ3n) is 2.43. The van der Waals surface area contributed by atoms with Crippen LogP contribution in [-0.2, 0) is 11.2 Å². The minimum atomic E-state index is 0.0177. The SMILES string of the molecule is COC1(Cc2ccoc2)CNC1. The molecule has 0 aliphatic carbocycles. The van der Waals surface area contributed by atoms with Gasteiger partial charge in [0.25, 0.3) is 0 Å². The van der Waals surface area contributed by atoms with Crippen LogP contribution < -0.4 is 5.32 Å². The average Bonchev–Trinajstić information content (AvgIpc) is 2.49. The van der Waals surface area contributed by atoms with Gasteiger partial charge >= 0.3 is 0 Å². The van der Waals surface area contributed by atoms with Crippen LogP contribution in [0.3, 0.4) is 0 Å². The third kappa shape index (κ3) is 1.26. The highest BCUT2D eigenvalue weighted by molar-refractivity contribution is 5.13. The van der Waals surface area contributed by atoms with Gasteiger partial charge in [-0.1, -0.05) is 0 Å². The molecule has 0 saturated carbocycles. The van der Waals surface area contributed by atoms with Crippen molar-refractivity contribution in [3.63, 3.8) is 0 Å². The zero-order valence-electron chi connectivity index (χ0n) is 7.17. The van der Waals surface area contributed by atoms with Crippen LogP contribution in [0.15, 0.2) is 23.0 Å². The normalized spacial score (nSPS) is 20.4. The largest absolute Gasteiger partial charge is 0.472 e.